The maximum absolute atomic E-state index is 2.33. The van der Waals surface area contributed by atoms with Crippen LogP contribution in [0.4, 0.5) is 17.1 Å². The van der Waals surface area contributed by atoms with Crippen LogP contribution in [-0.2, 0) is 0 Å². The molecule has 0 amide bonds. The van der Waals surface area contributed by atoms with Gasteiger partial charge in [-0.1, -0.05) is 54.6 Å². The largest absolute Gasteiger partial charge is 0.362 e. The van der Waals surface area contributed by atoms with E-state index >= 15 is 0 Å². The van der Waals surface area contributed by atoms with Crippen molar-refractivity contribution in [1.29, 1.82) is 0 Å². The molecular formula is C22H25N3. The van der Waals surface area contributed by atoms with E-state index in [4.69, 9.17) is 0 Å². The summed E-state index contributed by atoms with van der Waals surface area (Å²) in [5.41, 5.74) is 3.62. The average molecular weight is 331 g/mol. The van der Waals surface area contributed by atoms with Crippen LogP contribution in [0.5, 0.6) is 0 Å². The van der Waals surface area contributed by atoms with Crippen molar-refractivity contribution in [3.05, 3.63) is 91.0 Å². The Bertz CT molecular complexity index is 705. The zero-order chi connectivity index (χ0) is 17.5. The van der Waals surface area contributed by atoms with Crippen LogP contribution in [0.2, 0.25) is 0 Å². The standard InChI is InChI=1S/C22H25N3/c1-23(18-24(2)20-12-6-3-7-13-20)19-25(21-14-8-4-9-15-21)22-16-10-5-11-17-22/h3-17H,18-19H2,1-2H3. The summed E-state index contributed by atoms with van der Waals surface area (Å²) in [5, 5.41) is 0. The molecule has 0 saturated carbocycles. The Morgan fingerprint density at radius 1 is 0.520 bits per heavy atom. The average Bonchev–Trinajstić information content (AvgIpc) is 2.68. The Morgan fingerprint density at radius 3 is 1.36 bits per heavy atom. The summed E-state index contributed by atoms with van der Waals surface area (Å²) in [6.45, 7) is 1.66. The molecule has 3 aromatic rings. The molecule has 0 atom stereocenters. The lowest BCUT2D eigenvalue weighted by Crippen LogP contribution is -2.39. The van der Waals surface area contributed by atoms with Crippen LogP contribution in [0.3, 0.4) is 0 Å². The lowest BCUT2D eigenvalue weighted by Gasteiger charge is -2.33. The van der Waals surface area contributed by atoms with Gasteiger partial charge in [0.2, 0.25) is 0 Å². The van der Waals surface area contributed by atoms with E-state index in [-0.39, 0.29) is 0 Å². The summed E-state index contributed by atoms with van der Waals surface area (Å²) in [6, 6.07) is 31.5. The highest BCUT2D eigenvalue weighted by Crippen LogP contribution is 2.25. The van der Waals surface area contributed by atoms with E-state index in [1.54, 1.807) is 0 Å². The van der Waals surface area contributed by atoms with Gasteiger partial charge < -0.3 is 9.80 Å². The van der Waals surface area contributed by atoms with Gasteiger partial charge >= 0.3 is 0 Å². The highest BCUT2D eigenvalue weighted by molar-refractivity contribution is 5.62. The Morgan fingerprint density at radius 2 is 0.920 bits per heavy atom. The first-order chi connectivity index (χ1) is 12.2. The summed E-state index contributed by atoms with van der Waals surface area (Å²) in [5.74, 6) is 0. The second-order valence-corrected chi connectivity index (χ2v) is 6.27. The van der Waals surface area contributed by atoms with Crippen molar-refractivity contribution in [3.63, 3.8) is 0 Å². The Hall–Kier alpha value is -2.78. The second kappa shape index (κ2) is 8.36. The molecule has 25 heavy (non-hydrogen) atoms. The minimum absolute atomic E-state index is 0.811. The summed E-state index contributed by atoms with van der Waals surface area (Å²) in [4.78, 5) is 6.90. The SMILES string of the molecule is CN(CN(C)c1ccccc1)CN(c1ccccc1)c1ccccc1. The highest BCUT2D eigenvalue weighted by Gasteiger charge is 2.12. The van der Waals surface area contributed by atoms with Crippen LogP contribution in [0, 0.1) is 0 Å². The third-order valence-corrected chi connectivity index (χ3v) is 4.17. The molecule has 0 fully saturated rings. The molecule has 0 N–H and O–H groups in total. The van der Waals surface area contributed by atoms with E-state index in [1.807, 2.05) is 6.07 Å². The Kier molecular flexibility index (Phi) is 5.70. The van der Waals surface area contributed by atoms with E-state index in [2.05, 4.69) is 114 Å². The van der Waals surface area contributed by atoms with Gasteiger partial charge in [0.1, 0.15) is 0 Å². The van der Waals surface area contributed by atoms with E-state index < -0.39 is 0 Å². The molecule has 3 aromatic carbocycles. The fourth-order valence-electron chi connectivity index (χ4n) is 2.94. The fraction of sp³-hybridized carbons (Fsp3) is 0.182. The number of hydrogen-bond donors (Lipinski definition) is 0. The van der Waals surface area contributed by atoms with Gasteiger partial charge in [0.05, 0.1) is 13.3 Å². The molecule has 0 radical (unpaired) electrons. The molecule has 3 nitrogen and oxygen atoms in total. The van der Waals surface area contributed by atoms with Crippen molar-refractivity contribution in [2.24, 2.45) is 0 Å². The molecule has 0 saturated heterocycles. The van der Waals surface area contributed by atoms with Crippen LogP contribution in [0.25, 0.3) is 0 Å². The van der Waals surface area contributed by atoms with E-state index in [0.29, 0.717) is 0 Å². The molecule has 0 aliphatic rings. The first-order valence-electron chi connectivity index (χ1n) is 8.56. The van der Waals surface area contributed by atoms with Gasteiger partial charge in [0, 0.05) is 24.1 Å². The lowest BCUT2D eigenvalue weighted by molar-refractivity contribution is 0.346. The van der Waals surface area contributed by atoms with Crippen LogP contribution < -0.4 is 9.80 Å². The minimum atomic E-state index is 0.811. The van der Waals surface area contributed by atoms with Crippen LogP contribution >= 0.6 is 0 Å². The second-order valence-electron chi connectivity index (χ2n) is 6.27. The molecule has 0 aliphatic heterocycles. The Labute approximate surface area is 150 Å². The monoisotopic (exact) mass is 331 g/mol. The van der Waals surface area contributed by atoms with Crippen molar-refractivity contribution in [1.82, 2.24) is 4.90 Å². The zero-order valence-electron chi connectivity index (χ0n) is 14.9. The van der Waals surface area contributed by atoms with Gasteiger partial charge in [0.25, 0.3) is 0 Å². The maximum atomic E-state index is 2.33. The lowest BCUT2D eigenvalue weighted by atomic mass is 10.2. The Balaban J connectivity index is 1.74. The number of rotatable bonds is 7. The van der Waals surface area contributed by atoms with E-state index in [9.17, 15) is 0 Å². The molecule has 3 rings (SSSR count). The quantitative estimate of drug-likeness (QED) is 0.575. The number of benzene rings is 3. The maximum Gasteiger partial charge on any atom is 0.0768 e. The minimum Gasteiger partial charge on any atom is -0.362 e. The van der Waals surface area contributed by atoms with Crippen LogP contribution in [-0.4, -0.2) is 32.3 Å². The predicted molar refractivity (Wildman–Crippen MR) is 107 cm³/mol. The van der Waals surface area contributed by atoms with Crippen molar-refractivity contribution >= 4 is 17.1 Å². The molecular weight excluding hydrogens is 306 g/mol. The van der Waals surface area contributed by atoms with Gasteiger partial charge in [-0.25, -0.2) is 0 Å². The first-order valence-corrected chi connectivity index (χ1v) is 8.56. The van der Waals surface area contributed by atoms with Gasteiger partial charge in [-0.2, -0.15) is 0 Å². The molecule has 0 aliphatic carbocycles. The van der Waals surface area contributed by atoms with E-state index in [0.717, 1.165) is 13.3 Å². The van der Waals surface area contributed by atoms with Crippen molar-refractivity contribution in [2.75, 3.05) is 37.2 Å². The third kappa shape index (κ3) is 4.61. The number of para-hydroxylation sites is 3. The number of nitrogens with zero attached hydrogens (tertiary/aromatic N) is 3. The van der Waals surface area contributed by atoms with Crippen molar-refractivity contribution in [3.8, 4) is 0 Å². The van der Waals surface area contributed by atoms with Crippen molar-refractivity contribution < 1.29 is 0 Å². The normalized spacial score (nSPS) is 10.7. The topological polar surface area (TPSA) is 9.72 Å². The van der Waals surface area contributed by atoms with E-state index in [1.165, 1.54) is 17.1 Å². The summed E-state index contributed by atoms with van der Waals surface area (Å²) >= 11 is 0. The first kappa shape index (κ1) is 17.1. The number of anilines is 3. The predicted octanol–water partition coefficient (Wildman–Crippen LogP) is 4.81. The molecule has 0 bridgehead atoms. The van der Waals surface area contributed by atoms with Crippen molar-refractivity contribution in [2.45, 2.75) is 0 Å². The smallest absolute Gasteiger partial charge is 0.0768 e. The van der Waals surface area contributed by atoms with Gasteiger partial charge in [0.15, 0.2) is 0 Å². The molecule has 0 spiro atoms. The third-order valence-electron chi connectivity index (χ3n) is 4.17. The highest BCUT2D eigenvalue weighted by atomic mass is 15.4. The summed E-state index contributed by atoms with van der Waals surface area (Å²) in [7, 11) is 4.28. The van der Waals surface area contributed by atoms with Gasteiger partial charge in [-0.05, 0) is 43.4 Å². The van der Waals surface area contributed by atoms with Crippen LogP contribution in [0.1, 0.15) is 0 Å². The molecule has 3 heteroatoms. The molecule has 0 unspecified atom stereocenters. The summed E-state index contributed by atoms with van der Waals surface area (Å²) in [6.07, 6.45) is 0. The number of hydrogen-bond acceptors (Lipinski definition) is 3. The molecule has 0 aromatic heterocycles. The fourth-order valence-corrected chi connectivity index (χ4v) is 2.94. The molecule has 0 heterocycles. The van der Waals surface area contributed by atoms with Crippen LogP contribution in [0.15, 0.2) is 91.0 Å². The summed E-state index contributed by atoms with van der Waals surface area (Å²) < 4.78 is 0. The van der Waals surface area contributed by atoms with Gasteiger partial charge in [-0.3, -0.25) is 4.90 Å². The van der Waals surface area contributed by atoms with Gasteiger partial charge in [-0.15, -0.1) is 0 Å². The molecule has 128 valence electrons. The zero-order valence-corrected chi connectivity index (χ0v) is 14.9.